The van der Waals surface area contributed by atoms with Gasteiger partial charge in [-0.25, -0.2) is 0 Å². The summed E-state index contributed by atoms with van der Waals surface area (Å²) < 4.78 is 0. The van der Waals surface area contributed by atoms with E-state index >= 15 is 0 Å². The standard InChI is InChI=1S/C11H22N2O2/c1-8(2)5-10(7-14)12-6-9-3-4-11(15)13-9/h8-10,12,14H,3-7H2,1-2H3,(H,13,15). The molecule has 2 unspecified atom stereocenters. The van der Waals surface area contributed by atoms with Gasteiger partial charge >= 0.3 is 0 Å². The molecule has 1 rings (SSSR count). The number of hydrogen-bond acceptors (Lipinski definition) is 3. The maximum Gasteiger partial charge on any atom is 0.220 e. The topological polar surface area (TPSA) is 61.4 Å². The Morgan fingerprint density at radius 2 is 2.33 bits per heavy atom. The SMILES string of the molecule is CC(C)CC(CO)NCC1CCC(=O)N1. The van der Waals surface area contributed by atoms with Crippen LogP contribution in [0.1, 0.15) is 33.1 Å². The molecule has 0 aromatic carbocycles. The molecule has 1 saturated heterocycles. The van der Waals surface area contributed by atoms with Gasteiger partial charge < -0.3 is 15.7 Å². The van der Waals surface area contributed by atoms with E-state index in [0.29, 0.717) is 12.3 Å². The second kappa shape index (κ2) is 6.08. The van der Waals surface area contributed by atoms with Crippen molar-refractivity contribution in [2.75, 3.05) is 13.2 Å². The van der Waals surface area contributed by atoms with Gasteiger partial charge in [0, 0.05) is 25.0 Å². The molecule has 1 aliphatic rings. The van der Waals surface area contributed by atoms with Crippen molar-refractivity contribution in [1.29, 1.82) is 0 Å². The van der Waals surface area contributed by atoms with Crippen molar-refractivity contribution in [1.82, 2.24) is 10.6 Å². The third-order valence-corrected chi connectivity index (χ3v) is 2.71. The van der Waals surface area contributed by atoms with Crippen LogP contribution in [-0.4, -0.2) is 36.2 Å². The lowest BCUT2D eigenvalue weighted by atomic mass is 10.0. The van der Waals surface area contributed by atoms with Crippen LogP contribution in [0.15, 0.2) is 0 Å². The van der Waals surface area contributed by atoms with E-state index in [2.05, 4.69) is 24.5 Å². The van der Waals surface area contributed by atoms with Crippen LogP contribution in [0, 0.1) is 5.92 Å². The van der Waals surface area contributed by atoms with Crippen molar-refractivity contribution in [2.45, 2.75) is 45.2 Å². The molecule has 1 amide bonds. The van der Waals surface area contributed by atoms with Crippen LogP contribution in [-0.2, 0) is 4.79 Å². The lowest BCUT2D eigenvalue weighted by Crippen LogP contribution is -2.42. The number of rotatable bonds is 6. The van der Waals surface area contributed by atoms with Crippen molar-refractivity contribution in [3.05, 3.63) is 0 Å². The highest BCUT2D eigenvalue weighted by Gasteiger charge is 2.21. The molecule has 88 valence electrons. The number of aliphatic hydroxyl groups is 1. The van der Waals surface area contributed by atoms with Crippen molar-refractivity contribution in [3.8, 4) is 0 Å². The number of aliphatic hydroxyl groups excluding tert-OH is 1. The van der Waals surface area contributed by atoms with Crippen molar-refractivity contribution in [3.63, 3.8) is 0 Å². The van der Waals surface area contributed by atoms with E-state index in [0.717, 1.165) is 19.4 Å². The number of carbonyl (C=O) groups is 1. The van der Waals surface area contributed by atoms with Gasteiger partial charge in [-0.3, -0.25) is 4.79 Å². The Morgan fingerprint density at radius 3 is 2.80 bits per heavy atom. The van der Waals surface area contributed by atoms with E-state index in [1.54, 1.807) is 0 Å². The van der Waals surface area contributed by atoms with Gasteiger partial charge in [0.25, 0.3) is 0 Å². The summed E-state index contributed by atoms with van der Waals surface area (Å²) in [5.74, 6) is 0.721. The summed E-state index contributed by atoms with van der Waals surface area (Å²) in [5.41, 5.74) is 0. The summed E-state index contributed by atoms with van der Waals surface area (Å²) in [6.45, 7) is 5.21. The van der Waals surface area contributed by atoms with Crippen LogP contribution in [0.3, 0.4) is 0 Å². The normalized spacial score (nSPS) is 23.2. The van der Waals surface area contributed by atoms with Crippen LogP contribution in [0.5, 0.6) is 0 Å². The first-order valence-electron chi connectivity index (χ1n) is 5.75. The van der Waals surface area contributed by atoms with Gasteiger partial charge in [0.1, 0.15) is 0 Å². The first kappa shape index (κ1) is 12.5. The third kappa shape index (κ3) is 4.62. The zero-order valence-electron chi connectivity index (χ0n) is 9.62. The number of carbonyl (C=O) groups excluding carboxylic acids is 1. The first-order chi connectivity index (χ1) is 7.11. The molecule has 0 saturated carbocycles. The molecule has 1 heterocycles. The fraction of sp³-hybridized carbons (Fsp3) is 0.909. The van der Waals surface area contributed by atoms with E-state index < -0.39 is 0 Å². The van der Waals surface area contributed by atoms with Gasteiger partial charge in [0.05, 0.1) is 6.61 Å². The summed E-state index contributed by atoms with van der Waals surface area (Å²) in [5, 5.41) is 15.4. The molecule has 4 nitrogen and oxygen atoms in total. The van der Waals surface area contributed by atoms with E-state index in [-0.39, 0.29) is 24.6 Å². The second-order valence-electron chi connectivity index (χ2n) is 4.72. The molecule has 2 atom stereocenters. The fourth-order valence-corrected chi connectivity index (χ4v) is 1.93. The van der Waals surface area contributed by atoms with Crippen molar-refractivity contribution >= 4 is 5.91 Å². The van der Waals surface area contributed by atoms with Crippen LogP contribution >= 0.6 is 0 Å². The van der Waals surface area contributed by atoms with Crippen LogP contribution in [0.25, 0.3) is 0 Å². The monoisotopic (exact) mass is 214 g/mol. The van der Waals surface area contributed by atoms with Crippen molar-refractivity contribution in [2.24, 2.45) is 5.92 Å². The number of nitrogens with one attached hydrogen (secondary N) is 2. The molecule has 0 aromatic heterocycles. The van der Waals surface area contributed by atoms with Crippen LogP contribution < -0.4 is 10.6 Å². The van der Waals surface area contributed by atoms with Gasteiger partial charge in [-0.1, -0.05) is 13.8 Å². The Kier molecular flexibility index (Phi) is 5.05. The minimum atomic E-state index is 0.145. The third-order valence-electron chi connectivity index (χ3n) is 2.71. The molecule has 4 heteroatoms. The maximum absolute atomic E-state index is 11.0. The summed E-state index contributed by atoms with van der Waals surface area (Å²) >= 11 is 0. The van der Waals surface area contributed by atoms with Crippen LogP contribution in [0.2, 0.25) is 0 Å². The van der Waals surface area contributed by atoms with Gasteiger partial charge in [0.15, 0.2) is 0 Å². The summed E-state index contributed by atoms with van der Waals surface area (Å²) in [7, 11) is 0. The molecule has 1 fully saturated rings. The van der Waals surface area contributed by atoms with Crippen LogP contribution in [0.4, 0.5) is 0 Å². The molecule has 0 spiro atoms. The molecule has 15 heavy (non-hydrogen) atoms. The van der Waals surface area contributed by atoms with Gasteiger partial charge in [0.2, 0.25) is 5.91 Å². The van der Waals surface area contributed by atoms with Gasteiger partial charge in [-0.2, -0.15) is 0 Å². The summed E-state index contributed by atoms with van der Waals surface area (Å²) in [6, 6.07) is 0.404. The molecule has 1 aliphatic heterocycles. The minimum absolute atomic E-state index is 0.145. The Balaban J connectivity index is 2.19. The predicted molar refractivity (Wildman–Crippen MR) is 59.5 cm³/mol. The quantitative estimate of drug-likeness (QED) is 0.594. The average molecular weight is 214 g/mol. The zero-order valence-corrected chi connectivity index (χ0v) is 9.62. The Labute approximate surface area is 91.4 Å². The summed E-state index contributed by atoms with van der Waals surface area (Å²) in [4.78, 5) is 11.0. The second-order valence-corrected chi connectivity index (χ2v) is 4.72. The molecule has 0 radical (unpaired) electrons. The lowest BCUT2D eigenvalue weighted by Gasteiger charge is -2.20. The van der Waals surface area contributed by atoms with E-state index in [4.69, 9.17) is 5.11 Å². The highest BCUT2D eigenvalue weighted by molar-refractivity contribution is 5.78. The van der Waals surface area contributed by atoms with Gasteiger partial charge in [-0.05, 0) is 18.8 Å². The fourth-order valence-electron chi connectivity index (χ4n) is 1.93. The average Bonchev–Trinajstić information content (AvgIpc) is 2.58. The number of amides is 1. The largest absolute Gasteiger partial charge is 0.395 e. The van der Waals surface area contributed by atoms with Crippen molar-refractivity contribution < 1.29 is 9.90 Å². The van der Waals surface area contributed by atoms with E-state index in [9.17, 15) is 4.79 Å². The zero-order chi connectivity index (χ0) is 11.3. The highest BCUT2D eigenvalue weighted by atomic mass is 16.3. The number of hydrogen-bond donors (Lipinski definition) is 3. The van der Waals surface area contributed by atoms with E-state index in [1.807, 2.05) is 0 Å². The molecular formula is C11H22N2O2. The Hall–Kier alpha value is -0.610. The smallest absolute Gasteiger partial charge is 0.220 e. The molecule has 0 aliphatic carbocycles. The minimum Gasteiger partial charge on any atom is -0.395 e. The Bertz CT molecular complexity index is 207. The van der Waals surface area contributed by atoms with Gasteiger partial charge in [-0.15, -0.1) is 0 Å². The first-order valence-corrected chi connectivity index (χ1v) is 5.75. The van der Waals surface area contributed by atoms with E-state index in [1.165, 1.54) is 0 Å². The predicted octanol–water partition coefficient (Wildman–Crippen LogP) is 0.262. The Morgan fingerprint density at radius 1 is 1.60 bits per heavy atom. The molecular weight excluding hydrogens is 192 g/mol. The molecule has 3 N–H and O–H groups in total. The summed E-state index contributed by atoms with van der Waals surface area (Å²) in [6.07, 6.45) is 2.52. The highest BCUT2D eigenvalue weighted by Crippen LogP contribution is 2.07. The lowest BCUT2D eigenvalue weighted by molar-refractivity contribution is -0.119. The maximum atomic E-state index is 11.0. The molecule has 0 bridgehead atoms. The molecule has 0 aromatic rings.